The molecule has 0 aliphatic heterocycles. The summed E-state index contributed by atoms with van der Waals surface area (Å²) in [5.41, 5.74) is 7.06. The van der Waals surface area contributed by atoms with Crippen molar-refractivity contribution in [2.45, 2.75) is 13.3 Å². The highest BCUT2D eigenvalue weighted by Crippen LogP contribution is 2.21. The molecule has 0 aromatic carbocycles. The average Bonchev–Trinajstić information content (AvgIpc) is 2.80. The first-order valence-corrected chi connectivity index (χ1v) is 5.19. The van der Waals surface area contributed by atoms with Gasteiger partial charge in [-0.25, -0.2) is 9.67 Å². The minimum Gasteiger partial charge on any atom is -0.476 e. The first-order valence-electron chi connectivity index (χ1n) is 5.19. The fourth-order valence-corrected chi connectivity index (χ4v) is 1.34. The Kier molecular flexibility index (Phi) is 3.05. The number of nitrogen functional groups attached to an aromatic ring is 1. The quantitative estimate of drug-likeness (QED) is 0.847. The maximum Gasteiger partial charge on any atom is 0.240 e. The number of pyridine rings is 1. The molecule has 5 nitrogen and oxygen atoms in total. The highest BCUT2D eigenvalue weighted by atomic mass is 16.5. The molecule has 0 amide bonds. The molecule has 2 aromatic rings. The number of hydrogen-bond acceptors (Lipinski definition) is 4. The lowest BCUT2D eigenvalue weighted by Crippen LogP contribution is -2.05. The topological polar surface area (TPSA) is 66.0 Å². The molecule has 0 saturated carbocycles. The fourth-order valence-electron chi connectivity index (χ4n) is 1.34. The van der Waals surface area contributed by atoms with Crippen LogP contribution >= 0.6 is 0 Å². The van der Waals surface area contributed by atoms with Crippen LogP contribution in [0.25, 0.3) is 5.69 Å². The van der Waals surface area contributed by atoms with Crippen LogP contribution in [-0.2, 0) is 0 Å². The van der Waals surface area contributed by atoms with Crippen LogP contribution < -0.4 is 10.5 Å². The standard InChI is InChI=1S/C11H14N4O/c1-2-6-16-11-10(7-9(12)8-13-11)15-5-3-4-14-15/h3-5,7-8H,2,6,12H2,1H3. The third-order valence-corrected chi connectivity index (χ3v) is 2.05. The summed E-state index contributed by atoms with van der Waals surface area (Å²) in [6.07, 6.45) is 6.05. The molecule has 0 saturated heterocycles. The van der Waals surface area contributed by atoms with Gasteiger partial charge in [0.15, 0.2) is 0 Å². The van der Waals surface area contributed by atoms with Gasteiger partial charge < -0.3 is 10.5 Å². The fraction of sp³-hybridized carbons (Fsp3) is 0.273. The molecule has 0 radical (unpaired) electrons. The third-order valence-electron chi connectivity index (χ3n) is 2.05. The van der Waals surface area contributed by atoms with Crippen molar-refractivity contribution >= 4 is 5.69 Å². The lowest BCUT2D eigenvalue weighted by molar-refractivity contribution is 0.304. The molecule has 2 rings (SSSR count). The van der Waals surface area contributed by atoms with Crippen molar-refractivity contribution in [3.05, 3.63) is 30.7 Å². The number of aromatic nitrogens is 3. The van der Waals surface area contributed by atoms with Gasteiger partial charge in [0.05, 0.1) is 18.5 Å². The van der Waals surface area contributed by atoms with Gasteiger partial charge in [0.1, 0.15) is 5.69 Å². The second kappa shape index (κ2) is 4.65. The summed E-state index contributed by atoms with van der Waals surface area (Å²) in [5, 5.41) is 4.14. The highest BCUT2D eigenvalue weighted by Gasteiger charge is 2.08. The van der Waals surface area contributed by atoms with E-state index >= 15 is 0 Å². The Morgan fingerprint density at radius 2 is 2.38 bits per heavy atom. The van der Waals surface area contributed by atoms with Crippen molar-refractivity contribution in [2.75, 3.05) is 12.3 Å². The van der Waals surface area contributed by atoms with Crippen LogP contribution in [-0.4, -0.2) is 21.4 Å². The van der Waals surface area contributed by atoms with E-state index in [2.05, 4.69) is 10.1 Å². The molecule has 0 aliphatic carbocycles. The number of nitrogens with zero attached hydrogens (tertiary/aromatic N) is 3. The maximum absolute atomic E-state index is 5.70. The van der Waals surface area contributed by atoms with Gasteiger partial charge in [0.2, 0.25) is 5.88 Å². The Morgan fingerprint density at radius 1 is 1.50 bits per heavy atom. The smallest absolute Gasteiger partial charge is 0.240 e. The molecular weight excluding hydrogens is 204 g/mol. The SMILES string of the molecule is CCCOc1ncc(N)cc1-n1cccn1. The Morgan fingerprint density at radius 3 is 3.06 bits per heavy atom. The molecule has 2 N–H and O–H groups in total. The van der Waals surface area contributed by atoms with Crippen LogP contribution in [0, 0.1) is 0 Å². The summed E-state index contributed by atoms with van der Waals surface area (Å²) in [4.78, 5) is 4.16. The molecular formula is C11H14N4O. The molecule has 5 heteroatoms. The van der Waals surface area contributed by atoms with Crippen molar-refractivity contribution in [2.24, 2.45) is 0 Å². The van der Waals surface area contributed by atoms with Gasteiger partial charge in [-0.2, -0.15) is 5.10 Å². The van der Waals surface area contributed by atoms with Crippen molar-refractivity contribution in [1.82, 2.24) is 14.8 Å². The monoisotopic (exact) mass is 218 g/mol. The van der Waals surface area contributed by atoms with E-state index in [0.29, 0.717) is 18.2 Å². The largest absolute Gasteiger partial charge is 0.476 e. The van der Waals surface area contributed by atoms with Crippen LogP contribution in [0.2, 0.25) is 0 Å². The Balaban J connectivity index is 2.37. The van der Waals surface area contributed by atoms with Crippen molar-refractivity contribution in [3.63, 3.8) is 0 Å². The minimum atomic E-state index is 0.555. The Hall–Kier alpha value is -2.04. The maximum atomic E-state index is 5.70. The number of rotatable bonds is 4. The summed E-state index contributed by atoms with van der Waals surface area (Å²) in [5.74, 6) is 0.555. The van der Waals surface area contributed by atoms with E-state index in [4.69, 9.17) is 10.5 Å². The zero-order chi connectivity index (χ0) is 11.4. The number of ether oxygens (including phenoxy) is 1. The van der Waals surface area contributed by atoms with Crippen molar-refractivity contribution < 1.29 is 4.74 Å². The Labute approximate surface area is 93.9 Å². The molecule has 0 atom stereocenters. The number of anilines is 1. The summed E-state index contributed by atoms with van der Waals surface area (Å²) in [6.45, 7) is 2.68. The highest BCUT2D eigenvalue weighted by molar-refractivity contribution is 5.51. The predicted molar refractivity (Wildman–Crippen MR) is 61.6 cm³/mol. The lowest BCUT2D eigenvalue weighted by Gasteiger charge is -2.10. The van der Waals surface area contributed by atoms with Gasteiger partial charge in [-0.05, 0) is 18.6 Å². The zero-order valence-corrected chi connectivity index (χ0v) is 9.13. The van der Waals surface area contributed by atoms with E-state index in [-0.39, 0.29) is 0 Å². The molecule has 0 bridgehead atoms. The molecule has 2 aromatic heterocycles. The summed E-state index contributed by atoms with van der Waals surface area (Å²) < 4.78 is 7.23. The number of nitrogens with two attached hydrogens (primary N) is 1. The van der Waals surface area contributed by atoms with Crippen LogP contribution in [0.3, 0.4) is 0 Å². The minimum absolute atomic E-state index is 0.555. The summed E-state index contributed by atoms with van der Waals surface area (Å²) in [6, 6.07) is 3.64. The van der Waals surface area contributed by atoms with Crippen LogP contribution in [0.5, 0.6) is 5.88 Å². The van der Waals surface area contributed by atoms with Crippen molar-refractivity contribution in [1.29, 1.82) is 0 Å². The van der Waals surface area contributed by atoms with Crippen LogP contribution in [0.15, 0.2) is 30.7 Å². The average molecular weight is 218 g/mol. The second-order valence-corrected chi connectivity index (χ2v) is 3.39. The number of hydrogen-bond donors (Lipinski definition) is 1. The predicted octanol–water partition coefficient (Wildman–Crippen LogP) is 1.64. The van der Waals surface area contributed by atoms with Gasteiger partial charge >= 0.3 is 0 Å². The molecule has 84 valence electrons. The molecule has 0 fully saturated rings. The normalized spacial score (nSPS) is 10.3. The van der Waals surface area contributed by atoms with E-state index in [1.165, 1.54) is 0 Å². The molecule has 0 aliphatic rings. The second-order valence-electron chi connectivity index (χ2n) is 3.39. The van der Waals surface area contributed by atoms with E-state index in [0.717, 1.165) is 12.1 Å². The van der Waals surface area contributed by atoms with Crippen LogP contribution in [0.1, 0.15) is 13.3 Å². The van der Waals surface area contributed by atoms with Gasteiger partial charge in [0, 0.05) is 12.4 Å². The molecule has 0 unspecified atom stereocenters. The van der Waals surface area contributed by atoms with E-state index in [1.807, 2.05) is 19.2 Å². The first kappa shape index (κ1) is 10.5. The summed E-state index contributed by atoms with van der Waals surface area (Å²) >= 11 is 0. The zero-order valence-electron chi connectivity index (χ0n) is 9.13. The molecule has 0 spiro atoms. The molecule has 2 heterocycles. The van der Waals surface area contributed by atoms with E-state index < -0.39 is 0 Å². The van der Waals surface area contributed by atoms with E-state index in [1.54, 1.807) is 23.1 Å². The van der Waals surface area contributed by atoms with E-state index in [9.17, 15) is 0 Å². The lowest BCUT2D eigenvalue weighted by atomic mass is 10.3. The van der Waals surface area contributed by atoms with Gasteiger partial charge in [-0.15, -0.1) is 0 Å². The van der Waals surface area contributed by atoms with Gasteiger partial charge in [-0.1, -0.05) is 6.92 Å². The third kappa shape index (κ3) is 2.13. The summed E-state index contributed by atoms with van der Waals surface area (Å²) in [7, 11) is 0. The first-order chi connectivity index (χ1) is 7.81. The Bertz CT molecular complexity index is 453. The molecule has 16 heavy (non-hydrogen) atoms. The van der Waals surface area contributed by atoms with Crippen LogP contribution in [0.4, 0.5) is 5.69 Å². The van der Waals surface area contributed by atoms with Crippen molar-refractivity contribution in [3.8, 4) is 11.6 Å². The van der Waals surface area contributed by atoms with Gasteiger partial charge in [0.25, 0.3) is 0 Å². The van der Waals surface area contributed by atoms with Gasteiger partial charge in [-0.3, -0.25) is 0 Å².